The van der Waals surface area contributed by atoms with E-state index in [1.165, 1.54) is 0 Å². The normalized spacial score (nSPS) is 10.8. The summed E-state index contributed by atoms with van der Waals surface area (Å²) in [4.78, 5) is 0. The van der Waals surface area contributed by atoms with Gasteiger partial charge < -0.3 is 9.47 Å². The topological polar surface area (TPSA) is 42.2 Å². The fraction of sp³-hybridized carbons (Fsp3) is 0.150. The highest BCUT2D eigenvalue weighted by molar-refractivity contribution is 6.30. The minimum Gasteiger partial charge on any atom is -0.490 e. The van der Waals surface area contributed by atoms with Crippen LogP contribution in [-0.2, 0) is 0 Å². The van der Waals surface area contributed by atoms with Gasteiger partial charge in [0.05, 0.1) is 18.2 Å². The van der Waals surface area contributed by atoms with Gasteiger partial charge in [-0.25, -0.2) is 0 Å². The van der Waals surface area contributed by atoms with E-state index in [-0.39, 0.29) is 0 Å². The fourth-order valence-corrected chi connectivity index (χ4v) is 2.25. The quantitative estimate of drug-likeness (QED) is 0.387. The van der Waals surface area contributed by atoms with Crippen LogP contribution in [0.2, 0.25) is 5.02 Å². The largest absolute Gasteiger partial charge is 0.490 e. The van der Waals surface area contributed by atoms with Crippen molar-refractivity contribution in [2.24, 2.45) is 0 Å². The maximum Gasteiger partial charge on any atom is 0.161 e. The lowest BCUT2D eigenvalue weighted by atomic mass is 10.0. The first-order valence-electron chi connectivity index (χ1n) is 7.56. The molecular formula is C20H18ClNO2. The van der Waals surface area contributed by atoms with Crippen molar-refractivity contribution in [3.63, 3.8) is 0 Å². The molecule has 24 heavy (non-hydrogen) atoms. The van der Waals surface area contributed by atoms with Crippen molar-refractivity contribution < 1.29 is 9.47 Å². The summed E-state index contributed by atoms with van der Waals surface area (Å²) in [6, 6.07) is 15.0. The summed E-state index contributed by atoms with van der Waals surface area (Å²) < 4.78 is 11.2. The van der Waals surface area contributed by atoms with Crippen LogP contribution in [-0.4, -0.2) is 13.2 Å². The summed E-state index contributed by atoms with van der Waals surface area (Å²) in [6.45, 7) is 6.48. The highest BCUT2D eigenvalue weighted by Gasteiger charge is 2.07. The molecule has 0 aromatic heterocycles. The molecule has 0 aliphatic rings. The molecule has 0 saturated heterocycles. The predicted molar refractivity (Wildman–Crippen MR) is 98.2 cm³/mol. The average molecular weight is 340 g/mol. The fourth-order valence-electron chi connectivity index (χ4n) is 2.13. The summed E-state index contributed by atoms with van der Waals surface area (Å²) in [5.74, 6) is 1.29. The van der Waals surface area contributed by atoms with Gasteiger partial charge in [0, 0.05) is 5.02 Å². The summed E-state index contributed by atoms with van der Waals surface area (Å²) in [5, 5.41) is 10.1. The van der Waals surface area contributed by atoms with Gasteiger partial charge in [0.2, 0.25) is 0 Å². The molecule has 0 aliphatic heterocycles. The second-order valence-electron chi connectivity index (χ2n) is 4.92. The number of allylic oxidation sites excluding steroid dienone is 1. The number of ether oxygens (including phenoxy) is 2. The summed E-state index contributed by atoms with van der Waals surface area (Å²) in [7, 11) is 0. The molecule has 2 aromatic carbocycles. The first-order chi connectivity index (χ1) is 11.7. The molecule has 0 N–H and O–H groups in total. The smallest absolute Gasteiger partial charge is 0.161 e. The van der Waals surface area contributed by atoms with Gasteiger partial charge in [0.15, 0.2) is 11.5 Å². The van der Waals surface area contributed by atoms with E-state index >= 15 is 0 Å². The third kappa shape index (κ3) is 4.65. The van der Waals surface area contributed by atoms with Crippen molar-refractivity contribution in [3.05, 3.63) is 71.3 Å². The van der Waals surface area contributed by atoms with E-state index in [2.05, 4.69) is 12.6 Å². The second kappa shape index (κ2) is 8.81. The van der Waals surface area contributed by atoms with Crippen molar-refractivity contribution in [3.8, 4) is 17.6 Å². The molecule has 0 fully saturated rings. The Kier molecular flexibility index (Phi) is 6.48. The van der Waals surface area contributed by atoms with Crippen molar-refractivity contribution in [1.29, 1.82) is 5.26 Å². The Bertz CT molecular complexity index is 773. The van der Waals surface area contributed by atoms with Crippen LogP contribution in [0.1, 0.15) is 18.1 Å². The molecule has 0 aliphatic carbocycles. The number of halogens is 1. The Morgan fingerprint density at radius 2 is 1.92 bits per heavy atom. The molecule has 122 valence electrons. The monoisotopic (exact) mass is 339 g/mol. The molecule has 0 atom stereocenters. The van der Waals surface area contributed by atoms with Crippen LogP contribution < -0.4 is 9.47 Å². The Hall–Kier alpha value is -2.70. The Morgan fingerprint density at radius 1 is 1.17 bits per heavy atom. The van der Waals surface area contributed by atoms with E-state index in [0.29, 0.717) is 35.3 Å². The van der Waals surface area contributed by atoms with Crippen molar-refractivity contribution in [2.45, 2.75) is 6.92 Å². The van der Waals surface area contributed by atoms with E-state index < -0.39 is 0 Å². The van der Waals surface area contributed by atoms with Crippen LogP contribution >= 0.6 is 11.6 Å². The molecular weight excluding hydrogens is 322 g/mol. The molecule has 2 rings (SSSR count). The van der Waals surface area contributed by atoms with Crippen LogP contribution in [0.5, 0.6) is 11.5 Å². The van der Waals surface area contributed by atoms with Gasteiger partial charge >= 0.3 is 0 Å². The molecule has 0 unspecified atom stereocenters. The first-order valence-corrected chi connectivity index (χ1v) is 7.94. The molecule has 4 heteroatoms. The SMILES string of the molecule is C=CCOc1ccc(/C=C(\C#N)c2ccc(Cl)cc2)cc1OCC. The van der Waals surface area contributed by atoms with Crippen LogP contribution in [0.3, 0.4) is 0 Å². The van der Waals surface area contributed by atoms with Crippen molar-refractivity contribution in [2.75, 3.05) is 13.2 Å². The average Bonchev–Trinajstić information content (AvgIpc) is 2.60. The Balaban J connectivity index is 2.35. The Morgan fingerprint density at radius 3 is 2.54 bits per heavy atom. The highest BCUT2D eigenvalue weighted by atomic mass is 35.5. The molecule has 3 nitrogen and oxygen atoms in total. The van der Waals surface area contributed by atoms with E-state index in [4.69, 9.17) is 21.1 Å². The standard InChI is InChI=1S/C20H18ClNO2/c1-3-11-24-19-10-5-15(13-20(19)23-4-2)12-17(14-22)16-6-8-18(21)9-7-16/h3,5-10,12-13H,1,4,11H2,2H3/b17-12+. The summed E-state index contributed by atoms with van der Waals surface area (Å²) in [6.07, 6.45) is 3.49. The molecule has 0 spiro atoms. The van der Waals surface area contributed by atoms with Gasteiger partial charge in [-0.1, -0.05) is 42.5 Å². The summed E-state index contributed by atoms with van der Waals surface area (Å²) in [5.41, 5.74) is 2.22. The minimum atomic E-state index is 0.406. The number of hydrogen-bond donors (Lipinski definition) is 0. The molecule has 0 heterocycles. The second-order valence-corrected chi connectivity index (χ2v) is 5.35. The maximum absolute atomic E-state index is 9.44. The van der Waals surface area contributed by atoms with Gasteiger partial charge in [-0.15, -0.1) is 0 Å². The van der Waals surface area contributed by atoms with Crippen LogP contribution in [0.4, 0.5) is 0 Å². The predicted octanol–water partition coefficient (Wildman–Crippen LogP) is 5.37. The highest BCUT2D eigenvalue weighted by Crippen LogP contribution is 2.30. The zero-order valence-corrected chi connectivity index (χ0v) is 14.2. The molecule has 0 amide bonds. The van der Waals surface area contributed by atoms with Gasteiger partial charge in [-0.3, -0.25) is 0 Å². The minimum absolute atomic E-state index is 0.406. The molecule has 0 saturated carbocycles. The maximum atomic E-state index is 9.44. The molecule has 2 aromatic rings. The number of nitrogens with zero attached hydrogens (tertiary/aromatic N) is 1. The van der Waals surface area contributed by atoms with Gasteiger partial charge in [0.1, 0.15) is 6.61 Å². The first kappa shape index (κ1) is 17.7. The number of nitriles is 1. The number of hydrogen-bond acceptors (Lipinski definition) is 3. The van der Waals surface area contributed by atoms with Crippen molar-refractivity contribution in [1.82, 2.24) is 0 Å². The number of benzene rings is 2. The lowest BCUT2D eigenvalue weighted by Crippen LogP contribution is -1.99. The molecule has 0 radical (unpaired) electrons. The van der Waals surface area contributed by atoms with E-state index in [1.54, 1.807) is 18.2 Å². The van der Waals surface area contributed by atoms with Crippen LogP contribution in [0, 0.1) is 11.3 Å². The van der Waals surface area contributed by atoms with Gasteiger partial charge in [-0.2, -0.15) is 5.26 Å². The van der Waals surface area contributed by atoms with Crippen molar-refractivity contribution >= 4 is 23.3 Å². The third-order valence-electron chi connectivity index (χ3n) is 3.21. The zero-order chi connectivity index (χ0) is 17.4. The third-order valence-corrected chi connectivity index (χ3v) is 3.46. The lowest BCUT2D eigenvalue weighted by Gasteiger charge is -2.11. The zero-order valence-electron chi connectivity index (χ0n) is 13.5. The van der Waals surface area contributed by atoms with Crippen LogP contribution in [0.25, 0.3) is 11.6 Å². The van der Waals surface area contributed by atoms with Crippen LogP contribution in [0.15, 0.2) is 55.1 Å². The lowest BCUT2D eigenvalue weighted by molar-refractivity contribution is 0.297. The van der Waals surface area contributed by atoms with Gasteiger partial charge in [0.25, 0.3) is 0 Å². The number of rotatable bonds is 7. The Labute approximate surface area is 147 Å². The summed E-state index contributed by atoms with van der Waals surface area (Å²) >= 11 is 5.89. The van der Waals surface area contributed by atoms with E-state index in [9.17, 15) is 5.26 Å². The van der Waals surface area contributed by atoms with Gasteiger partial charge in [-0.05, 0) is 48.4 Å². The van der Waals surface area contributed by atoms with E-state index in [1.807, 2.05) is 43.3 Å². The molecule has 0 bridgehead atoms. The van der Waals surface area contributed by atoms with E-state index in [0.717, 1.165) is 11.1 Å².